The van der Waals surface area contributed by atoms with Crippen LogP contribution in [0.2, 0.25) is 0 Å². The van der Waals surface area contributed by atoms with Gasteiger partial charge >= 0.3 is 0 Å². The molecule has 3 fully saturated rings. The van der Waals surface area contributed by atoms with Gasteiger partial charge in [-0.15, -0.1) is 0 Å². The first-order chi connectivity index (χ1) is 15.9. The molecule has 1 saturated heterocycles. The average Bonchev–Trinajstić information content (AvgIpc) is 3.15. The van der Waals surface area contributed by atoms with Crippen molar-refractivity contribution in [3.05, 3.63) is 53.3 Å². The Bertz CT molecular complexity index is 1220. The Morgan fingerprint density at radius 3 is 2.79 bits per heavy atom. The van der Waals surface area contributed by atoms with Gasteiger partial charge in [0.25, 0.3) is 0 Å². The van der Waals surface area contributed by atoms with Gasteiger partial charge in [-0.1, -0.05) is 25.1 Å². The van der Waals surface area contributed by atoms with Crippen LogP contribution in [0.15, 0.2) is 36.4 Å². The molecule has 4 aliphatic rings. The van der Waals surface area contributed by atoms with Crippen LogP contribution in [0, 0.1) is 40.8 Å². The lowest BCUT2D eigenvalue weighted by molar-refractivity contribution is -0.124. The SMILES string of the molecule is CC1C2C1[C@H]1C[C@@H]2N[C@@H]1C(=O)N[C@H](C#N)Cc1ccc(-c2ccc3c(c2)CC(=O)N3)cc1F. The Morgan fingerprint density at radius 2 is 2.03 bits per heavy atom. The molecule has 6 nitrogen and oxygen atoms in total. The third-order valence-corrected chi connectivity index (χ3v) is 8.12. The zero-order valence-corrected chi connectivity index (χ0v) is 18.3. The lowest BCUT2D eigenvalue weighted by Crippen LogP contribution is -2.51. The Labute approximate surface area is 191 Å². The van der Waals surface area contributed by atoms with Crippen LogP contribution in [0.25, 0.3) is 11.1 Å². The van der Waals surface area contributed by atoms with E-state index in [0.717, 1.165) is 23.2 Å². The van der Waals surface area contributed by atoms with Crippen molar-refractivity contribution in [1.29, 1.82) is 5.26 Å². The van der Waals surface area contributed by atoms with Crippen molar-refractivity contribution in [3.8, 4) is 17.2 Å². The molecular weight excluding hydrogens is 419 g/mol. The van der Waals surface area contributed by atoms with E-state index in [1.165, 1.54) is 6.07 Å². The molecule has 2 bridgehead atoms. The quantitative estimate of drug-likeness (QED) is 0.661. The second-order valence-electron chi connectivity index (χ2n) is 9.96. The predicted octanol–water partition coefficient (Wildman–Crippen LogP) is 2.78. The summed E-state index contributed by atoms with van der Waals surface area (Å²) < 4.78 is 14.9. The second kappa shape index (κ2) is 7.39. The van der Waals surface area contributed by atoms with E-state index in [1.54, 1.807) is 6.07 Å². The van der Waals surface area contributed by atoms with E-state index < -0.39 is 11.9 Å². The van der Waals surface area contributed by atoms with E-state index in [0.29, 0.717) is 47.3 Å². The number of carbonyl (C=O) groups is 2. The van der Waals surface area contributed by atoms with Crippen LogP contribution in [-0.2, 0) is 22.4 Å². The molecule has 7 atom stereocenters. The maximum Gasteiger partial charge on any atom is 0.238 e. The fraction of sp³-hybridized carbons (Fsp3) is 0.423. The van der Waals surface area contributed by atoms with Crippen molar-refractivity contribution >= 4 is 17.5 Å². The smallest absolute Gasteiger partial charge is 0.238 e. The third-order valence-electron chi connectivity index (χ3n) is 8.12. The fourth-order valence-corrected chi connectivity index (χ4v) is 6.52. The summed E-state index contributed by atoms with van der Waals surface area (Å²) in [6.45, 7) is 2.25. The molecule has 168 valence electrons. The molecule has 33 heavy (non-hydrogen) atoms. The molecule has 2 amide bonds. The van der Waals surface area contributed by atoms with Crippen molar-refractivity contribution < 1.29 is 14.0 Å². The number of amides is 2. The summed E-state index contributed by atoms with van der Waals surface area (Å²) >= 11 is 0. The third kappa shape index (κ3) is 3.32. The van der Waals surface area contributed by atoms with Crippen LogP contribution in [0.4, 0.5) is 10.1 Å². The minimum atomic E-state index is -0.789. The highest BCUT2D eigenvalue weighted by atomic mass is 19.1. The first kappa shape index (κ1) is 20.4. The van der Waals surface area contributed by atoms with Gasteiger partial charge in [0, 0.05) is 18.2 Å². The number of piperidine rings is 1. The number of halogens is 1. The summed E-state index contributed by atoms with van der Waals surface area (Å²) in [7, 11) is 0. The van der Waals surface area contributed by atoms with E-state index in [-0.39, 0.29) is 24.3 Å². The normalized spacial score (nSPS) is 31.4. The number of benzene rings is 2. The van der Waals surface area contributed by atoms with Gasteiger partial charge in [-0.25, -0.2) is 4.39 Å². The molecule has 2 aliphatic heterocycles. The number of nitrogens with zero attached hydrogens (tertiary/aromatic N) is 1. The van der Waals surface area contributed by atoms with Crippen LogP contribution in [0.5, 0.6) is 0 Å². The second-order valence-corrected chi connectivity index (χ2v) is 9.96. The van der Waals surface area contributed by atoms with Crippen molar-refractivity contribution in [1.82, 2.24) is 10.6 Å². The topological polar surface area (TPSA) is 94.0 Å². The van der Waals surface area contributed by atoms with E-state index >= 15 is 0 Å². The molecule has 2 aliphatic carbocycles. The molecule has 3 unspecified atom stereocenters. The minimum absolute atomic E-state index is 0.0413. The van der Waals surface area contributed by atoms with Gasteiger partial charge in [0.15, 0.2) is 0 Å². The Balaban J connectivity index is 1.13. The van der Waals surface area contributed by atoms with Gasteiger partial charge in [-0.3, -0.25) is 9.59 Å². The van der Waals surface area contributed by atoms with Crippen LogP contribution in [0.1, 0.15) is 24.5 Å². The van der Waals surface area contributed by atoms with Crippen molar-refractivity contribution in [2.45, 2.75) is 44.3 Å². The molecule has 2 heterocycles. The Hall–Kier alpha value is -3.24. The van der Waals surface area contributed by atoms with E-state index in [9.17, 15) is 19.2 Å². The van der Waals surface area contributed by atoms with Crippen molar-refractivity contribution in [2.24, 2.45) is 23.7 Å². The van der Waals surface area contributed by atoms with Crippen molar-refractivity contribution in [3.63, 3.8) is 0 Å². The average molecular weight is 445 g/mol. The summed E-state index contributed by atoms with van der Waals surface area (Å²) in [4.78, 5) is 24.4. The van der Waals surface area contributed by atoms with E-state index in [2.05, 4.69) is 28.9 Å². The van der Waals surface area contributed by atoms with Gasteiger partial charge in [0.1, 0.15) is 11.9 Å². The highest BCUT2D eigenvalue weighted by molar-refractivity contribution is 5.99. The molecule has 0 aromatic heterocycles. The number of hydrogen-bond donors (Lipinski definition) is 3. The largest absolute Gasteiger partial charge is 0.339 e. The van der Waals surface area contributed by atoms with E-state index in [1.807, 2.05) is 24.3 Å². The summed E-state index contributed by atoms with van der Waals surface area (Å²) in [5.41, 5.74) is 3.62. The van der Waals surface area contributed by atoms with E-state index in [4.69, 9.17) is 0 Å². The number of nitriles is 1. The van der Waals surface area contributed by atoms with Crippen molar-refractivity contribution in [2.75, 3.05) is 5.32 Å². The molecule has 2 saturated carbocycles. The molecule has 2 aromatic carbocycles. The summed E-state index contributed by atoms with van der Waals surface area (Å²) in [6, 6.07) is 12.0. The van der Waals surface area contributed by atoms with Crippen LogP contribution < -0.4 is 16.0 Å². The number of hydrogen-bond acceptors (Lipinski definition) is 4. The molecule has 6 rings (SSSR count). The van der Waals surface area contributed by atoms with Crippen LogP contribution >= 0.6 is 0 Å². The highest BCUT2D eigenvalue weighted by Crippen LogP contribution is 2.64. The number of nitrogens with one attached hydrogen (secondary N) is 3. The molecule has 0 spiro atoms. The molecular formula is C26H25FN4O2. The number of fused-ring (bicyclic) bond motifs is 6. The zero-order valence-electron chi connectivity index (χ0n) is 18.3. The summed E-state index contributed by atoms with van der Waals surface area (Å²) in [5, 5.41) is 18.7. The maximum atomic E-state index is 14.9. The standard InChI is InChI=1S/C26H25FN4O2/c1-12-23-18-10-21(24(12)23)31-25(18)26(33)29-17(11-28)7-15-3-2-14(8-19(15)27)13-4-5-20-16(6-13)9-22(32)30-20/h2-6,8,12,17-18,21,23-25,31H,7,9-10H2,1H3,(H,29,33)(H,30,32)/t12?,17-,18+,21-,23?,24?,25-/m0/s1. The minimum Gasteiger partial charge on any atom is -0.339 e. The summed E-state index contributed by atoms with van der Waals surface area (Å²) in [5.74, 6) is 1.77. The lowest BCUT2D eigenvalue weighted by Gasteiger charge is -2.23. The fourth-order valence-electron chi connectivity index (χ4n) is 6.52. The Morgan fingerprint density at radius 1 is 1.24 bits per heavy atom. The first-order valence-corrected chi connectivity index (χ1v) is 11.6. The number of rotatable bonds is 5. The monoisotopic (exact) mass is 444 g/mol. The molecule has 3 N–H and O–H groups in total. The lowest BCUT2D eigenvalue weighted by atomic mass is 9.94. The van der Waals surface area contributed by atoms with Crippen LogP contribution in [-0.4, -0.2) is 29.9 Å². The predicted molar refractivity (Wildman–Crippen MR) is 120 cm³/mol. The number of anilines is 1. The van der Waals surface area contributed by atoms with Crippen LogP contribution in [0.3, 0.4) is 0 Å². The van der Waals surface area contributed by atoms with Gasteiger partial charge in [0.05, 0.1) is 18.5 Å². The highest BCUT2D eigenvalue weighted by Gasteiger charge is 2.67. The first-order valence-electron chi connectivity index (χ1n) is 11.6. The van der Waals surface area contributed by atoms with Gasteiger partial charge < -0.3 is 16.0 Å². The molecule has 2 aromatic rings. The van der Waals surface area contributed by atoms with Gasteiger partial charge in [0.2, 0.25) is 11.8 Å². The number of carbonyl (C=O) groups excluding carboxylic acids is 2. The maximum absolute atomic E-state index is 14.9. The van der Waals surface area contributed by atoms with Gasteiger partial charge in [-0.2, -0.15) is 5.26 Å². The van der Waals surface area contributed by atoms with Gasteiger partial charge in [-0.05, 0) is 70.5 Å². The molecule has 7 heteroatoms. The molecule has 0 radical (unpaired) electrons. The Kier molecular flexibility index (Phi) is 4.56. The summed E-state index contributed by atoms with van der Waals surface area (Å²) in [6.07, 6.45) is 1.48. The zero-order chi connectivity index (χ0) is 22.9.